The zero-order valence-electron chi connectivity index (χ0n) is 17.9. The first kappa shape index (κ1) is 21.3. The van der Waals surface area contributed by atoms with E-state index in [0.29, 0.717) is 17.7 Å². The molecule has 2 aliphatic heterocycles. The number of nitrogens with one attached hydrogen (secondary N) is 2. The lowest BCUT2D eigenvalue weighted by Crippen LogP contribution is -2.48. The van der Waals surface area contributed by atoms with Crippen molar-refractivity contribution < 1.29 is 22.8 Å². The number of carbonyl (C=O) groups is 2. The highest BCUT2D eigenvalue weighted by Gasteiger charge is 2.48. The molecule has 1 aromatic heterocycles. The van der Waals surface area contributed by atoms with Gasteiger partial charge in [0.15, 0.2) is 0 Å². The second-order valence-electron chi connectivity index (χ2n) is 8.49. The highest BCUT2D eigenvalue weighted by Crippen LogP contribution is 2.35. The minimum absolute atomic E-state index is 0.0555. The molecule has 3 aromatic rings. The number of anilines is 2. The van der Waals surface area contributed by atoms with Crippen molar-refractivity contribution in [3.8, 4) is 0 Å². The van der Waals surface area contributed by atoms with E-state index < -0.39 is 18.1 Å². The monoisotopic (exact) mass is 457 g/mol. The maximum atomic E-state index is 13.2. The van der Waals surface area contributed by atoms with Crippen molar-refractivity contribution >= 4 is 34.1 Å². The largest absolute Gasteiger partial charge is 0.408 e. The minimum Gasteiger partial charge on any atom is -0.355 e. The third kappa shape index (κ3) is 3.79. The van der Waals surface area contributed by atoms with E-state index in [4.69, 9.17) is 0 Å². The number of carbonyl (C=O) groups excluding carboxylic acids is 2. The second-order valence-corrected chi connectivity index (χ2v) is 8.49. The van der Waals surface area contributed by atoms with Gasteiger partial charge in [0.2, 0.25) is 5.91 Å². The zero-order chi connectivity index (χ0) is 23.3. The number of amides is 2. The molecule has 1 fully saturated rings. The number of fused-ring (bicyclic) bond motifs is 2. The second kappa shape index (κ2) is 7.79. The Labute approximate surface area is 187 Å². The molecule has 1 atom stereocenters. The van der Waals surface area contributed by atoms with Crippen LogP contribution in [0.4, 0.5) is 24.5 Å². The first-order valence-corrected chi connectivity index (χ1v) is 10.7. The number of hydrogen-bond acceptors (Lipinski definition) is 4. The molecule has 0 saturated carbocycles. The van der Waals surface area contributed by atoms with Gasteiger partial charge >= 0.3 is 6.18 Å². The van der Waals surface area contributed by atoms with Gasteiger partial charge < -0.3 is 15.1 Å². The molecule has 0 bridgehead atoms. The highest BCUT2D eigenvalue weighted by atomic mass is 19.4. The van der Waals surface area contributed by atoms with Crippen LogP contribution < -0.4 is 5.32 Å². The van der Waals surface area contributed by atoms with Gasteiger partial charge in [-0.15, -0.1) is 0 Å². The third-order valence-electron chi connectivity index (χ3n) is 6.31. The fourth-order valence-corrected chi connectivity index (χ4v) is 4.69. The van der Waals surface area contributed by atoms with E-state index in [1.165, 1.54) is 4.90 Å². The summed E-state index contributed by atoms with van der Waals surface area (Å²) >= 11 is 0. The van der Waals surface area contributed by atoms with Gasteiger partial charge in [-0.2, -0.15) is 18.3 Å². The number of likely N-dealkylation sites (tertiary alicyclic amines) is 1. The average molecular weight is 457 g/mol. The number of hydrogen-bond donors (Lipinski definition) is 2. The summed E-state index contributed by atoms with van der Waals surface area (Å²) < 4.78 is 39.7. The summed E-state index contributed by atoms with van der Waals surface area (Å²) in [7, 11) is 0. The summed E-state index contributed by atoms with van der Waals surface area (Å²) in [6.07, 6.45) is -4.26. The van der Waals surface area contributed by atoms with Crippen LogP contribution in [0, 0.1) is 6.92 Å². The maximum absolute atomic E-state index is 13.2. The molecule has 2 aromatic carbocycles. The molecule has 1 saturated heterocycles. The average Bonchev–Trinajstić information content (AvgIpc) is 3.47. The number of nitrogens with zero attached hydrogens (tertiary/aromatic N) is 3. The number of aromatic nitrogens is 2. The number of rotatable bonds is 4. The predicted octanol–water partition coefficient (Wildman–Crippen LogP) is 4.12. The molecule has 172 valence electrons. The summed E-state index contributed by atoms with van der Waals surface area (Å²) in [6, 6.07) is 9.26. The van der Waals surface area contributed by atoms with Crippen molar-refractivity contribution in [2.24, 2.45) is 0 Å². The standard InChI is InChI=1S/C23H22F3N5O2/c1-13-16-8-7-15(10-18(16)29-28-13)27-17-5-2-4-14-11-30(22(33)21(14)17)12-20(32)31-9-3-6-19(31)23(24,25)26/h2,4-5,7-8,10,19,27H,3,6,9,11-12H2,1H3,(H,28,29)/t19-/m0/s1. The van der Waals surface area contributed by atoms with Crippen LogP contribution in [0.3, 0.4) is 0 Å². The number of benzene rings is 2. The van der Waals surface area contributed by atoms with Gasteiger partial charge in [0.1, 0.15) is 12.6 Å². The fraction of sp³-hybridized carbons (Fsp3) is 0.348. The summed E-state index contributed by atoms with van der Waals surface area (Å²) in [5.41, 5.74) is 4.22. The lowest BCUT2D eigenvalue weighted by atomic mass is 10.1. The topological polar surface area (TPSA) is 81.3 Å². The van der Waals surface area contributed by atoms with Crippen molar-refractivity contribution in [2.45, 2.75) is 38.5 Å². The molecule has 7 nitrogen and oxygen atoms in total. The van der Waals surface area contributed by atoms with Crippen LogP contribution in [0.25, 0.3) is 10.9 Å². The Morgan fingerprint density at radius 2 is 2.09 bits per heavy atom. The molecule has 5 rings (SSSR count). The van der Waals surface area contributed by atoms with E-state index in [-0.39, 0.29) is 32.0 Å². The zero-order valence-corrected chi connectivity index (χ0v) is 17.9. The summed E-state index contributed by atoms with van der Waals surface area (Å²) in [5.74, 6) is -1.05. The van der Waals surface area contributed by atoms with Crippen LogP contribution >= 0.6 is 0 Å². The van der Waals surface area contributed by atoms with E-state index in [0.717, 1.165) is 32.7 Å². The molecule has 0 spiro atoms. The van der Waals surface area contributed by atoms with E-state index in [9.17, 15) is 22.8 Å². The van der Waals surface area contributed by atoms with Gasteiger partial charge in [-0.25, -0.2) is 0 Å². The van der Waals surface area contributed by atoms with Crippen molar-refractivity contribution in [1.82, 2.24) is 20.0 Å². The number of aryl methyl sites for hydroxylation is 1. The van der Waals surface area contributed by atoms with E-state index >= 15 is 0 Å². The Morgan fingerprint density at radius 3 is 2.88 bits per heavy atom. The number of halogens is 3. The molecular formula is C23H22F3N5O2. The molecule has 0 aliphatic carbocycles. The molecule has 2 aliphatic rings. The van der Waals surface area contributed by atoms with Gasteiger partial charge in [0.25, 0.3) is 5.91 Å². The highest BCUT2D eigenvalue weighted by molar-refractivity contribution is 6.05. The molecule has 0 radical (unpaired) electrons. The lowest BCUT2D eigenvalue weighted by molar-refractivity contribution is -0.182. The molecular weight excluding hydrogens is 435 g/mol. The molecule has 33 heavy (non-hydrogen) atoms. The normalized spacial score (nSPS) is 18.3. The molecule has 10 heteroatoms. The quantitative estimate of drug-likeness (QED) is 0.618. The van der Waals surface area contributed by atoms with Gasteiger partial charge in [0.05, 0.1) is 16.8 Å². The maximum Gasteiger partial charge on any atom is 0.408 e. The van der Waals surface area contributed by atoms with Crippen molar-refractivity contribution in [2.75, 3.05) is 18.4 Å². The first-order valence-electron chi connectivity index (χ1n) is 10.7. The van der Waals surface area contributed by atoms with Gasteiger partial charge in [0, 0.05) is 29.9 Å². The predicted molar refractivity (Wildman–Crippen MR) is 116 cm³/mol. The molecule has 2 amide bonds. The van der Waals surface area contributed by atoms with Crippen molar-refractivity contribution in [3.05, 3.63) is 53.2 Å². The van der Waals surface area contributed by atoms with Gasteiger partial charge in [-0.05, 0) is 49.6 Å². The summed E-state index contributed by atoms with van der Waals surface area (Å²) in [6.45, 7) is 1.79. The Bertz CT molecular complexity index is 1250. The first-order chi connectivity index (χ1) is 15.7. The van der Waals surface area contributed by atoms with Crippen molar-refractivity contribution in [1.29, 1.82) is 0 Å². The van der Waals surface area contributed by atoms with E-state index in [1.807, 2.05) is 25.1 Å². The lowest BCUT2D eigenvalue weighted by Gasteiger charge is -2.28. The van der Waals surface area contributed by atoms with E-state index in [1.54, 1.807) is 18.2 Å². The molecule has 3 heterocycles. The summed E-state index contributed by atoms with van der Waals surface area (Å²) in [4.78, 5) is 28.0. The summed E-state index contributed by atoms with van der Waals surface area (Å²) in [5, 5.41) is 11.4. The van der Waals surface area contributed by atoms with Crippen LogP contribution in [0.5, 0.6) is 0 Å². The van der Waals surface area contributed by atoms with Gasteiger partial charge in [-0.3, -0.25) is 14.7 Å². The SMILES string of the molecule is Cc1[nH]nc2cc(Nc3cccc4c3C(=O)N(CC(=O)N3CCC[C@H]3C(F)(F)F)C4)ccc12. The van der Waals surface area contributed by atoms with Crippen LogP contribution in [-0.4, -0.2) is 57.1 Å². The Morgan fingerprint density at radius 1 is 1.27 bits per heavy atom. The van der Waals surface area contributed by atoms with Crippen LogP contribution in [0.1, 0.15) is 34.5 Å². The van der Waals surface area contributed by atoms with Crippen LogP contribution in [0.15, 0.2) is 36.4 Å². The van der Waals surface area contributed by atoms with Gasteiger partial charge in [-0.1, -0.05) is 12.1 Å². The fourth-order valence-electron chi connectivity index (χ4n) is 4.69. The Balaban J connectivity index is 1.34. The van der Waals surface area contributed by atoms with E-state index in [2.05, 4.69) is 15.5 Å². The van der Waals surface area contributed by atoms with Crippen molar-refractivity contribution in [3.63, 3.8) is 0 Å². The Hall–Kier alpha value is -3.56. The Kier molecular flexibility index (Phi) is 5.02. The molecule has 0 unspecified atom stereocenters. The molecule has 2 N–H and O–H groups in total. The minimum atomic E-state index is -4.46. The number of aromatic amines is 1. The number of alkyl halides is 3. The smallest absolute Gasteiger partial charge is 0.355 e. The number of H-pyrrole nitrogens is 1. The van der Waals surface area contributed by atoms with Crippen LogP contribution in [-0.2, 0) is 11.3 Å². The third-order valence-corrected chi connectivity index (χ3v) is 6.31. The van der Waals surface area contributed by atoms with Crippen LogP contribution in [0.2, 0.25) is 0 Å².